The summed E-state index contributed by atoms with van der Waals surface area (Å²) in [4.78, 5) is 0. The number of rotatable bonds is 15. The molecule has 3 aromatic rings. The van der Waals surface area contributed by atoms with E-state index in [2.05, 4.69) is 97.9 Å². The van der Waals surface area contributed by atoms with Crippen LogP contribution in [0.15, 0.2) is 91.0 Å². The predicted molar refractivity (Wildman–Crippen MR) is 146 cm³/mol. The van der Waals surface area contributed by atoms with Crippen molar-refractivity contribution >= 4 is 23.2 Å². The van der Waals surface area contributed by atoms with Gasteiger partial charge in [-0.1, -0.05) is 119 Å². The second kappa shape index (κ2) is 16.4. The number of benzene rings is 3. The maximum atomic E-state index is 2.37. The van der Waals surface area contributed by atoms with Gasteiger partial charge in [-0.15, -0.1) is 0 Å². The van der Waals surface area contributed by atoms with Crippen LogP contribution in [0.1, 0.15) is 77.6 Å². The van der Waals surface area contributed by atoms with Crippen molar-refractivity contribution < 1.29 is 24.0 Å². The first kappa shape index (κ1) is 28.1. The Morgan fingerprint density at radius 1 is 0.424 bits per heavy atom. The van der Waals surface area contributed by atoms with Crippen molar-refractivity contribution in [2.75, 3.05) is 6.16 Å². The normalized spacial score (nSPS) is 11.2. The maximum absolute atomic E-state index is 2.37. The van der Waals surface area contributed by atoms with Crippen molar-refractivity contribution in [3.8, 4) is 0 Å². The van der Waals surface area contributed by atoms with E-state index in [0.29, 0.717) is 0 Å². The number of unbranched alkanes of at least 4 members (excludes halogenated alkanes) is 10. The van der Waals surface area contributed by atoms with E-state index in [1.165, 1.54) is 92.7 Å². The maximum Gasteiger partial charge on any atom is 0.112 e. The van der Waals surface area contributed by atoms with Gasteiger partial charge < -0.3 is 24.0 Å². The van der Waals surface area contributed by atoms with Crippen molar-refractivity contribution in [1.82, 2.24) is 0 Å². The average Bonchev–Trinajstić information content (AvgIpc) is 2.87. The molecule has 0 aliphatic heterocycles. The summed E-state index contributed by atoms with van der Waals surface area (Å²) in [5.74, 6) is 0. The van der Waals surface area contributed by atoms with Gasteiger partial charge in [-0.3, -0.25) is 0 Å². The van der Waals surface area contributed by atoms with Gasteiger partial charge in [-0.2, -0.15) is 0 Å². The molecule has 3 aromatic carbocycles. The number of hydrogen-bond acceptors (Lipinski definition) is 0. The van der Waals surface area contributed by atoms with E-state index >= 15 is 0 Å². The van der Waals surface area contributed by atoms with Gasteiger partial charge in [0.15, 0.2) is 0 Å². The molecular formula is C31H42IP. The highest BCUT2D eigenvalue weighted by Crippen LogP contribution is 2.55. The van der Waals surface area contributed by atoms with Gasteiger partial charge in [0.1, 0.15) is 23.2 Å². The van der Waals surface area contributed by atoms with Gasteiger partial charge in [-0.05, 0) is 49.2 Å². The van der Waals surface area contributed by atoms with E-state index < -0.39 is 7.26 Å². The Balaban J connectivity index is 0.00000385. The van der Waals surface area contributed by atoms with Crippen molar-refractivity contribution in [3.63, 3.8) is 0 Å². The molecule has 33 heavy (non-hydrogen) atoms. The molecule has 0 saturated carbocycles. The highest BCUT2D eigenvalue weighted by atomic mass is 127. The first-order valence-electron chi connectivity index (χ1n) is 12.9. The van der Waals surface area contributed by atoms with Crippen LogP contribution in [0.25, 0.3) is 0 Å². The summed E-state index contributed by atoms with van der Waals surface area (Å²) >= 11 is 0. The standard InChI is InChI=1S/C31H42P.HI/c1-2-3-4-5-6-7-8-9-10-11-21-28-32(29-22-15-12-16-23-29,30-24-17-13-18-25-30)31-26-19-14-20-27-31;/h12-20,22-27H,2-11,21,28H2,1H3;1H/q+1;/p-1. The van der Waals surface area contributed by atoms with Crippen LogP contribution >= 0.6 is 7.26 Å². The second-order valence-electron chi connectivity index (χ2n) is 9.08. The highest BCUT2D eigenvalue weighted by molar-refractivity contribution is 7.95. The van der Waals surface area contributed by atoms with Gasteiger partial charge in [-0.25, -0.2) is 0 Å². The van der Waals surface area contributed by atoms with Gasteiger partial charge in [0.2, 0.25) is 0 Å². The van der Waals surface area contributed by atoms with Crippen LogP contribution < -0.4 is 39.9 Å². The van der Waals surface area contributed by atoms with Gasteiger partial charge in [0.25, 0.3) is 0 Å². The highest BCUT2D eigenvalue weighted by Gasteiger charge is 2.44. The second-order valence-corrected chi connectivity index (χ2v) is 12.7. The molecule has 2 heteroatoms. The van der Waals surface area contributed by atoms with Gasteiger partial charge in [0.05, 0.1) is 6.16 Å². The Labute approximate surface area is 221 Å². The fourth-order valence-corrected chi connectivity index (χ4v) is 9.31. The minimum atomic E-state index is -1.63. The minimum absolute atomic E-state index is 0. The van der Waals surface area contributed by atoms with Gasteiger partial charge >= 0.3 is 0 Å². The third-order valence-corrected chi connectivity index (χ3v) is 11.2. The van der Waals surface area contributed by atoms with Crippen LogP contribution in [0.4, 0.5) is 0 Å². The summed E-state index contributed by atoms with van der Waals surface area (Å²) in [7, 11) is -1.63. The zero-order valence-electron chi connectivity index (χ0n) is 20.5. The summed E-state index contributed by atoms with van der Waals surface area (Å²) in [6.45, 7) is 2.30. The van der Waals surface area contributed by atoms with E-state index in [-0.39, 0.29) is 24.0 Å². The molecule has 0 bridgehead atoms. The van der Waals surface area contributed by atoms with Crippen LogP contribution in [-0.4, -0.2) is 6.16 Å². The van der Waals surface area contributed by atoms with E-state index in [1.807, 2.05) is 0 Å². The molecular weight excluding hydrogens is 530 g/mol. The zero-order valence-corrected chi connectivity index (χ0v) is 23.5. The lowest BCUT2D eigenvalue weighted by Crippen LogP contribution is -3.00. The molecule has 0 atom stereocenters. The molecule has 0 nitrogen and oxygen atoms in total. The van der Waals surface area contributed by atoms with Gasteiger partial charge in [0, 0.05) is 0 Å². The molecule has 0 heterocycles. The zero-order chi connectivity index (χ0) is 22.3. The lowest BCUT2D eigenvalue weighted by atomic mass is 10.1. The molecule has 0 unspecified atom stereocenters. The average molecular weight is 573 g/mol. The van der Waals surface area contributed by atoms with Crippen LogP contribution in [0.2, 0.25) is 0 Å². The summed E-state index contributed by atoms with van der Waals surface area (Å²) in [6, 6.07) is 34.0. The lowest BCUT2D eigenvalue weighted by molar-refractivity contribution is -0.00000652. The monoisotopic (exact) mass is 572 g/mol. The van der Waals surface area contributed by atoms with Crippen LogP contribution in [0, 0.1) is 0 Å². The molecule has 0 aromatic heterocycles. The first-order valence-corrected chi connectivity index (χ1v) is 14.9. The summed E-state index contributed by atoms with van der Waals surface area (Å²) in [5, 5.41) is 4.55. The Morgan fingerprint density at radius 3 is 1.06 bits per heavy atom. The van der Waals surface area contributed by atoms with Crippen LogP contribution in [0.3, 0.4) is 0 Å². The largest absolute Gasteiger partial charge is 1.00 e. The third kappa shape index (κ3) is 8.52. The number of halogens is 1. The molecule has 0 N–H and O–H groups in total. The van der Waals surface area contributed by atoms with Crippen LogP contribution in [-0.2, 0) is 0 Å². The molecule has 0 aliphatic carbocycles. The smallest absolute Gasteiger partial charge is 0.112 e. The minimum Gasteiger partial charge on any atom is -1.00 e. The molecule has 0 radical (unpaired) electrons. The van der Waals surface area contributed by atoms with Crippen molar-refractivity contribution in [3.05, 3.63) is 91.0 Å². The fourth-order valence-electron chi connectivity index (χ4n) is 4.90. The molecule has 0 fully saturated rings. The molecule has 0 spiro atoms. The Bertz CT molecular complexity index is 751. The third-order valence-electron chi connectivity index (χ3n) is 6.69. The van der Waals surface area contributed by atoms with E-state index in [1.54, 1.807) is 0 Å². The summed E-state index contributed by atoms with van der Waals surface area (Å²) < 4.78 is 0. The summed E-state index contributed by atoms with van der Waals surface area (Å²) in [6.07, 6.45) is 16.6. The SMILES string of the molecule is CCCCCCCCCCCCC[P+](c1ccccc1)(c1ccccc1)c1ccccc1.[I-]. The summed E-state index contributed by atoms with van der Waals surface area (Å²) in [5.41, 5.74) is 0. The topological polar surface area (TPSA) is 0 Å². The predicted octanol–water partition coefficient (Wildman–Crippen LogP) is 5.30. The van der Waals surface area contributed by atoms with E-state index in [0.717, 1.165) is 0 Å². The van der Waals surface area contributed by atoms with E-state index in [9.17, 15) is 0 Å². The Morgan fingerprint density at radius 2 is 0.727 bits per heavy atom. The molecule has 3 rings (SSSR count). The van der Waals surface area contributed by atoms with E-state index in [4.69, 9.17) is 0 Å². The lowest BCUT2D eigenvalue weighted by Gasteiger charge is -2.27. The van der Waals surface area contributed by atoms with Crippen molar-refractivity contribution in [1.29, 1.82) is 0 Å². The number of hydrogen-bond donors (Lipinski definition) is 0. The molecule has 0 aliphatic rings. The quantitative estimate of drug-likeness (QED) is 0.132. The Kier molecular flexibility index (Phi) is 14.0. The fraction of sp³-hybridized carbons (Fsp3) is 0.419. The molecule has 178 valence electrons. The molecule has 0 saturated heterocycles. The Hall–Kier alpha value is -1.18. The van der Waals surface area contributed by atoms with Crippen LogP contribution in [0.5, 0.6) is 0 Å². The van der Waals surface area contributed by atoms with Crippen molar-refractivity contribution in [2.24, 2.45) is 0 Å². The first-order chi connectivity index (χ1) is 15.9. The van der Waals surface area contributed by atoms with Crippen molar-refractivity contribution in [2.45, 2.75) is 77.6 Å². The molecule has 0 amide bonds.